The van der Waals surface area contributed by atoms with E-state index in [4.69, 9.17) is 0 Å². The van der Waals surface area contributed by atoms with E-state index in [2.05, 4.69) is 29.3 Å². The highest BCUT2D eigenvalue weighted by molar-refractivity contribution is 5.96. The van der Waals surface area contributed by atoms with Crippen LogP contribution >= 0.6 is 0 Å². The molecule has 0 unspecified atom stereocenters. The molecule has 0 spiro atoms. The average Bonchev–Trinajstić information content (AvgIpc) is 2.68. The van der Waals surface area contributed by atoms with E-state index in [1.54, 1.807) is 19.1 Å². The Morgan fingerprint density at radius 1 is 1.25 bits per heavy atom. The van der Waals surface area contributed by atoms with Gasteiger partial charge in [-0.3, -0.25) is 14.9 Å². The van der Waals surface area contributed by atoms with Gasteiger partial charge in [0.15, 0.2) is 0 Å². The minimum absolute atomic E-state index is 0.0413. The molecule has 1 saturated heterocycles. The fraction of sp³-hybridized carbons (Fsp3) is 0.409. The number of hydrogen-bond donors (Lipinski definition) is 1. The lowest BCUT2D eigenvalue weighted by molar-refractivity contribution is -0.385. The highest BCUT2D eigenvalue weighted by atomic mass is 16.6. The maximum atomic E-state index is 12.6. The molecule has 2 atom stereocenters. The van der Waals surface area contributed by atoms with Gasteiger partial charge in [-0.25, -0.2) is 0 Å². The molecule has 1 aliphatic rings. The summed E-state index contributed by atoms with van der Waals surface area (Å²) >= 11 is 0. The summed E-state index contributed by atoms with van der Waals surface area (Å²) in [5.41, 5.74) is 2.89. The molecule has 0 aliphatic carbocycles. The van der Waals surface area contributed by atoms with Crippen LogP contribution in [0.25, 0.3) is 0 Å². The molecule has 6 nitrogen and oxygen atoms in total. The second kappa shape index (κ2) is 8.42. The van der Waals surface area contributed by atoms with Crippen molar-refractivity contribution in [2.75, 3.05) is 18.0 Å². The minimum atomic E-state index is -0.463. The number of nitrogens with one attached hydrogen (secondary N) is 1. The standard InChI is InChI=1S/C22H27N3O3/c1-15-6-5-13-24(14-15)19-11-9-18(10-12-19)17(3)23-22(26)20-7-4-8-21(16(20)2)25(27)28/h4,7-12,15,17H,5-6,13-14H2,1-3H3,(H,23,26)/t15-,17-/m1/s1. The fourth-order valence-corrected chi connectivity index (χ4v) is 3.82. The quantitative estimate of drug-likeness (QED) is 0.605. The van der Waals surface area contributed by atoms with Gasteiger partial charge in [-0.2, -0.15) is 0 Å². The van der Waals surface area contributed by atoms with E-state index < -0.39 is 4.92 Å². The first-order valence-corrected chi connectivity index (χ1v) is 9.76. The number of rotatable bonds is 5. The number of hydrogen-bond acceptors (Lipinski definition) is 4. The molecular weight excluding hydrogens is 354 g/mol. The van der Waals surface area contributed by atoms with Crippen LogP contribution in [0, 0.1) is 23.0 Å². The molecule has 0 saturated carbocycles. The van der Waals surface area contributed by atoms with Gasteiger partial charge in [0.05, 0.1) is 11.0 Å². The summed E-state index contributed by atoms with van der Waals surface area (Å²) < 4.78 is 0. The van der Waals surface area contributed by atoms with E-state index in [0.29, 0.717) is 17.0 Å². The Bertz CT molecular complexity index is 864. The van der Waals surface area contributed by atoms with Gasteiger partial charge in [0, 0.05) is 36.0 Å². The van der Waals surface area contributed by atoms with Crippen LogP contribution in [-0.4, -0.2) is 23.9 Å². The van der Waals surface area contributed by atoms with Crippen molar-refractivity contribution in [3.8, 4) is 0 Å². The molecule has 0 radical (unpaired) electrons. The number of nitro benzene ring substituents is 1. The topological polar surface area (TPSA) is 75.5 Å². The van der Waals surface area contributed by atoms with Crippen LogP contribution in [0.5, 0.6) is 0 Å². The molecule has 148 valence electrons. The molecule has 1 heterocycles. The van der Waals surface area contributed by atoms with E-state index >= 15 is 0 Å². The van der Waals surface area contributed by atoms with Gasteiger partial charge in [0.2, 0.25) is 0 Å². The molecule has 28 heavy (non-hydrogen) atoms. The number of nitrogens with zero attached hydrogens (tertiary/aromatic N) is 2. The van der Waals surface area contributed by atoms with Gasteiger partial charge in [-0.15, -0.1) is 0 Å². The number of amides is 1. The summed E-state index contributed by atoms with van der Waals surface area (Å²) in [7, 11) is 0. The van der Waals surface area contributed by atoms with E-state index in [0.717, 1.165) is 18.7 Å². The van der Waals surface area contributed by atoms with E-state index in [1.165, 1.54) is 24.6 Å². The number of carbonyl (C=O) groups is 1. The summed E-state index contributed by atoms with van der Waals surface area (Å²) in [6.07, 6.45) is 2.51. The molecule has 6 heteroatoms. The van der Waals surface area contributed by atoms with Crippen LogP contribution in [0.1, 0.15) is 54.2 Å². The van der Waals surface area contributed by atoms with Crippen molar-refractivity contribution in [1.29, 1.82) is 0 Å². The van der Waals surface area contributed by atoms with Crippen LogP contribution in [-0.2, 0) is 0 Å². The third-order valence-corrected chi connectivity index (χ3v) is 5.51. The molecular formula is C22H27N3O3. The second-order valence-corrected chi connectivity index (χ2v) is 7.69. The van der Waals surface area contributed by atoms with Crippen LogP contribution in [0.4, 0.5) is 11.4 Å². The monoisotopic (exact) mass is 381 g/mol. The molecule has 2 aromatic rings. The number of benzene rings is 2. The van der Waals surface area contributed by atoms with Gasteiger partial charge in [-0.1, -0.05) is 25.1 Å². The average molecular weight is 381 g/mol. The molecule has 0 bridgehead atoms. The van der Waals surface area contributed by atoms with Gasteiger partial charge in [-0.05, 0) is 56.4 Å². The van der Waals surface area contributed by atoms with Crippen LogP contribution in [0.3, 0.4) is 0 Å². The molecule has 1 aliphatic heterocycles. The van der Waals surface area contributed by atoms with E-state index in [9.17, 15) is 14.9 Å². The second-order valence-electron chi connectivity index (χ2n) is 7.69. The largest absolute Gasteiger partial charge is 0.371 e. The molecule has 2 aromatic carbocycles. The summed E-state index contributed by atoms with van der Waals surface area (Å²) in [4.78, 5) is 25.7. The Kier molecular flexibility index (Phi) is 5.97. The molecule has 1 N–H and O–H groups in total. The smallest absolute Gasteiger partial charge is 0.273 e. The van der Waals surface area contributed by atoms with Crippen molar-refractivity contribution in [3.63, 3.8) is 0 Å². The van der Waals surface area contributed by atoms with Crippen LogP contribution in [0.2, 0.25) is 0 Å². The van der Waals surface area contributed by atoms with Crippen molar-refractivity contribution in [2.45, 2.75) is 39.7 Å². The van der Waals surface area contributed by atoms with Crippen LogP contribution < -0.4 is 10.2 Å². The first-order valence-electron chi connectivity index (χ1n) is 9.76. The Labute approximate surface area is 165 Å². The normalized spacial score (nSPS) is 17.8. The van der Waals surface area contributed by atoms with Crippen molar-refractivity contribution in [2.24, 2.45) is 5.92 Å². The number of carbonyl (C=O) groups excluding carboxylic acids is 1. The van der Waals surface area contributed by atoms with E-state index in [-0.39, 0.29) is 17.6 Å². The Hall–Kier alpha value is -2.89. The van der Waals surface area contributed by atoms with Gasteiger partial charge in [0.25, 0.3) is 11.6 Å². The highest BCUT2D eigenvalue weighted by Gasteiger charge is 2.20. The van der Waals surface area contributed by atoms with Gasteiger partial charge in [0.1, 0.15) is 0 Å². The Morgan fingerprint density at radius 2 is 1.96 bits per heavy atom. The maximum Gasteiger partial charge on any atom is 0.273 e. The third kappa shape index (κ3) is 4.32. The number of nitro groups is 1. The summed E-state index contributed by atoms with van der Waals surface area (Å²) in [6.45, 7) is 7.97. The maximum absolute atomic E-state index is 12.6. The molecule has 0 aromatic heterocycles. The zero-order valence-electron chi connectivity index (χ0n) is 16.6. The van der Waals surface area contributed by atoms with E-state index in [1.807, 2.05) is 19.1 Å². The predicted molar refractivity (Wildman–Crippen MR) is 111 cm³/mol. The minimum Gasteiger partial charge on any atom is -0.371 e. The first-order chi connectivity index (χ1) is 13.4. The lowest BCUT2D eigenvalue weighted by Gasteiger charge is -2.33. The third-order valence-electron chi connectivity index (χ3n) is 5.51. The number of piperidine rings is 1. The summed E-state index contributed by atoms with van der Waals surface area (Å²) in [6, 6.07) is 12.7. The zero-order valence-corrected chi connectivity index (χ0v) is 16.6. The molecule has 1 fully saturated rings. The lowest BCUT2D eigenvalue weighted by Crippen LogP contribution is -2.34. The van der Waals surface area contributed by atoms with Crippen LogP contribution in [0.15, 0.2) is 42.5 Å². The zero-order chi connectivity index (χ0) is 20.3. The first kappa shape index (κ1) is 19.9. The van der Waals surface area contributed by atoms with Crippen molar-refractivity contribution in [3.05, 3.63) is 69.3 Å². The molecule has 1 amide bonds. The van der Waals surface area contributed by atoms with Crippen molar-refractivity contribution < 1.29 is 9.72 Å². The Balaban J connectivity index is 1.69. The number of anilines is 1. The summed E-state index contributed by atoms with van der Waals surface area (Å²) in [5, 5.41) is 14.0. The van der Waals surface area contributed by atoms with Crippen molar-refractivity contribution >= 4 is 17.3 Å². The SMILES string of the molecule is Cc1c(C(=O)N[C@H](C)c2ccc(N3CCC[C@@H](C)C3)cc2)cccc1[N+](=O)[O-]. The predicted octanol–water partition coefficient (Wildman–Crippen LogP) is 4.63. The Morgan fingerprint density at radius 3 is 2.61 bits per heavy atom. The van der Waals surface area contributed by atoms with Gasteiger partial charge >= 0.3 is 0 Å². The highest BCUT2D eigenvalue weighted by Crippen LogP contribution is 2.25. The van der Waals surface area contributed by atoms with Crippen molar-refractivity contribution in [1.82, 2.24) is 5.32 Å². The van der Waals surface area contributed by atoms with Gasteiger partial charge < -0.3 is 10.2 Å². The lowest BCUT2D eigenvalue weighted by atomic mass is 9.99. The summed E-state index contributed by atoms with van der Waals surface area (Å²) in [5.74, 6) is 0.410. The molecule has 3 rings (SSSR count). The fourth-order valence-electron chi connectivity index (χ4n) is 3.82.